The number of hydrogen-bond donors (Lipinski definition) is 0. The fourth-order valence-corrected chi connectivity index (χ4v) is 3.35. The van der Waals surface area contributed by atoms with Gasteiger partial charge in [0, 0.05) is 42.0 Å². The number of amides is 1. The number of pyridine rings is 1. The van der Waals surface area contributed by atoms with Crippen molar-refractivity contribution in [2.24, 2.45) is 0 Å². The van der Waals surface area contributed by atoms with Gasteiger partial charge < -0.3 is 4.90 Å². The number of likely N-dealkylation sites (N-methyl/N-ethyl adjacent to an activating group) is 1. The summed E-state index contributed by atoms with van der Waals surface area (Å²) in [6.07, 6.45) is 5.67. The van der Waals surface area contributed by atoms with E-state index in [9.17, 15) is 9.59 Å². The van der Waals surface area contributed by atoms with E-state index in [4.69, 9.17) is 11.6 Å². The van der Waals surface area contributed by atoms with Crippen LogP contribution in [-0.4, -0.2) is 23.7 Å². The number of Topliss-reactive ketones (excluding diaryl/α,β-unsaturated/α-hetero) is 1. The minimum Gasteiger partial charge on any atom is -0.311 e. The lowest BCUT2D eigenvalue weighted by Gasteiger charge is -2.26. The molecule has 0 atom stereocenters. The first-order valence-electron chi connectivity index (χ1n) is 9.35. The predicted molar refractivity (Wildman–Crippen MR) is 118 cm³/mol. The van der Waals surface area contributed by atoms with Gasteiger partial charge in [0.25, 0.3) is 5.91 Å². The Morgan fingerprint density at radius 2 is 1.90 bits per heavy atom. The van der Waals surface area contributed by atoms with Gasteiger partial charge in [-0.25, -0.2) is 0 Å². The van der Waals surface area contributed by atoms with Crippen molar-refractivity contribution in [3.63, 3.8) is 0 Å². The Balaban J connectivity index is 1.66. The number of anilines is 1. The number of carbonyl (C=O) groups excluding carboxylic acids is 2. The SMILES string of the molecule is CN1C(=O)/C(=C\c2ccc(Cl)cc2)C(=O)c2cc(C#CCc3cccnc3)ccc21. The highest BCUT2D eigenvalue weighted by Crippen LogP contribution is 2.31. The molecule has 0 bridgehead atoms. The minimum absolute atomic E-state index is 0.118. The molecule has 4 nitrogen and oxygen atoms in total. The number of aromatic nitrogens is 1. The quantitative estimate of drug-likeness (QED) is 0.352. The van der Waals surface area contributed by atoms with E-state index in [1.54, 1.807) is 61.9 Å². The van der Waals surface area contributed by atoms with Crippen molar-refractivity contribution in [3.05, 3.63) is 99.8 Å². The zero-order valence-electron chi connectivity index (χ0n) is 16.2. The molecule has 146 valence electrons. The highest BCUT2D eigenvalue weighted by molar-refractivity contribution is 6.36. The van der Waals surface area contributed by atoms with E-state index >= 15 is 0 Å². The molecular weight excluding hydrogens is 396 g/mol. The van der Waals surface area contributed by atoms with E-state index in [0.29, 0.717) is 22.7 Å². The second kappa shape index (κ2) is 8.36. The van der Waals surface area contributed by atoms with E-state index < -0.39 is 0 Å². The van der Waals surface area contributed by atoms with Crippen molar-refractivity contribution >= 4 is 35.1 Å². The topological polar surface area (TPSA) is 50.3 Å². The van der Waals surface area contributed by atoms with Crippen LogP contribution in [0.15, 0.2) is 72.6 Å². The average Bonchev–Trinajstić information content (AvgIpc) is 2.77. The third-order valence-electron chi connectivity index (χ3n) is 4.81. The molecule has 1 aliphatic rings. The Kier molecular flexibility index (Phi) is 5.47. The molecule has 0 fully saturated rings. The normalized spacial score (nSPS) is 14.3. The molecule has 4 rings (SSSR count). The van der Waals surface area contributed by atoms with Gasteiger partial charge in [-0.1, -0.05) is 41.6 Å². The molecule has 30 heavy (non-hydrogen) atoms. The summed E-state index contributed by atoms with van der Waals surface area (Å²) in [6, 6.07) is 16.1. The number of hydrogen-bond acceptors (Lipinski definition) is 3. The molecule has 0 N–H and O–H groups in total. The molecule has 0 saturated heterocycles. The van der Waals surface area contributed by atoms with Crippen molar-refractivity contribution in [2.75, 3.05) is 11.9 Å². The fraction of sp³-hybridized carbons (Fsp3) is 0.0800. The highest BCUT2D eigenvalue weighted by Gasteiger charge is 2.32. The first-order chi connectivity index (χ1) is 14.5. The van der Waals surface area contributed by atoms with E-state index in [2.05, 4.69) is 16.8 Å². The van der Waals surface area contributed by atoms with Crippen LogP contribution in [0, 0.1) is 11.8 Å². The maximum absolute atomic E-state index is 13.1. The lowest BCUT2D eigenvalue weighted by molar-refractivity contribution is -0.114. The van der Waals surface area contributed by atoms with Crippen LogP contribution in [0.2, 0.25) is 5.02 Å². The Morgan fingerprint density at radius 1 is 1.10 bits per heavy atom. The van der Waals surface area contributed by atoms with Crippen LogP contribution in [0.5, 0.6) is 0 Å². The molecular formula is C25H17ClN2O2. The van der Waals surface area contributed by atoms with Gasteiger partial charge in [0.2, 0.25) is 5.78 Å². The largest absolute Gasteiger partial charge is 0.311 e. The van der Waals surface area contributed by atoms with E-state index in [1.807, 2.05) is 18.2 Å². The van der Waals surface area contributed by atoms with Gasteiger partial charge in [-0.3, -0.25) is 14.6 Å². The van der Waals surface area contributed by atoms with Crippen LogP contribution >= 0.6 is 11.6 Å². The predicted octanol–water partition coefficient (Wildman–Crippen LogP) is 4.57. The summed E-state index contributed by atoms with van der Waals surface area (Å²) in [5.74, 6) is 5.56. The Labute approximate surface area is 179 Å². The van der Waals surface area contributed by atoms with Crippen LogP contribution in [-0.2, 0) is 11.2 Å². The standard InChI is InChI=1S/C25H17ClN2O2/c1-28-23-12-9-17(4-2-5-19-6-3-13-27-16-19)14-21(23)24(29)22(25(28)30)15-18-7-10-20(26)11-8-18/h3,6-16H,5H2,1H3/b22-15-. The van der Waals surface area contributed by atoms with Gasteiger partial charge >= 0.3 is 0 Å². The maximum atomic E-state index is 13.1. The van der Waals surface area contributed by atoms with Crippen LogP contribution in [0.3, 0.4) is 0 Å². The van der Waals surface area contributed by atoms with Crippen molar-refractivity contribution in [1.29, 1.82) is 0 Å². The van der Waals surface area contributed by atoms with Crippen LogP contribution in [0.25, 0.3) is 6.08 Å². The molecule has 0 aliphatic carbocycles. The first-order valence-corrected chi connectivity index (χ1v) is 9.72. The van der Waals surface area contributed by atoms with Gasteiger partial charge in [-0.15, -0.1) is 0 Å². The maximum Gasteiger partial charge on any atom is 0.262 e. The fourth-order valence-electron chi connectivity index (χ4n) is 3.22. The Bertz CT molecular complexity index is 1220. The summed E-state index contributed by atoms with van der Waals surface area (Å²) >= 11 is 5.92. The molecule has 1 amide bonds. The molecule has 0 saturated carbocycles. The summed E-state index contributed by atoms with van der Waals surface area (Å²) < 4.78 is 0. The molecule has 0 radical (unpaired) electrons. The van der Waals surface area contributed by atoms with Gasteiger partial charge in [0.05, 0.1) is 11.3 Å². The van der Waals surface area contributed by atoms with Gasteiger partial charge in [-0.05, 0) is 53.6 Å². The first kappa shape index (κ1) is 19.6. The number of carbonyl (C=O) groups is 2. The molecule has 1 aromatic heterocycles. The Morgan fingerprint density at radius 3 is 2.63 bits per heavy atom. The summed E-state index contributed by atoms with van der Waals surface area (Å²) in [5, 5.41) is 0.593. The summed E-state index contributed by atoms with van der Waals surface area (Å²) in [5.41, 5.74) is 3.65. The van der Waals surface area contributed by atoms with Crippen LogP contribution in [0.4, 0.5) is 5.69 Å². The number of benzene rings is 2. The zero-order valence-corrected chi connectivity index (χ0v) is 17.0. The minimum atomic E-state index is -0.335. The number of nitrogens with zero attached hydrogens (tertiary/aromatic N) is 2. The zero-order chi connectivity index (χ0) is 21.1. The molecule has 0 unspecified atom stereocenters. The second-order valence-electron chi connectivity index (χ2n) is 6.87. The van der Waals surface area contributed by atoms with Crippen molar-refractivity contribution in [1.82, 2.24) is 4.98 Å². The summed E-state index contributed by atoms with van der Waals surface area (Å²) in [4.78, 5) is 31.4. The number of rotatable bonds is 2. The molecule has 2 heterocycles. The second-order valence-corrected chi connectivity index (χ2v) is 7.31. The Hall–Kier alpha value is -3.68. The van der Waals surface area contributed by atoms with Gasteiger partial charge in [-0.2, -0.15) is 0 Å². The van der Waals surface area contributed by atoms with Gasteiger partial charge in [0.15, 0.2) is 0 Å². The lowest BCUT2D eigenvalue weighted by atomic mass is 9.92. The summed E-state index contributed by atoms with van der Waals surface area (Å²) in [7, 11) is 1.66. The van der Waals surface area contributed by atoms with E-state index in [1.165, 1.54) is 4.90 Å². The van der Waals surface area contributed by atoms with Crippen LogP contribution in [0.1, 0.15) is 27.0 Å². The smallest absolute Gasteiger partial charge is 0.262 e. The molecule has 2 aromatic carbocycles. The third kappa shape index (κ3) is 4.03. The van der Waals surface area contributed by atoms with E-state index in [0.717, 1.165) is 16.7 Å². The molecule has 5 heteroatoms. The number of fused-ring (bicyclic) bond motifs is 1. The van der Waals surface area contributed by atoms with Crippen molar-refractivity contribution in [2.45, 2.75) is 6.42 Å². The highest BCUT2D eigenvalue weighted by atomic mass is 35.5. The monoisotopic (exact) mass is 412 g/mol. The molecule has 0 spiro atoms. The lowest BCUT2D eigenvalue weighted by Crippen LogP contribution is -2.36. The van der Waals surface area contributed by atoms with Crippen LogP contribution < -0.4 is 4.90 Å². The number of ketones is 1. The number of halogens is 1. The van der Waals surface area contributed by atoms with Crippen molar-refractivity contribution < 1.29 is 9.59 Å². The average molecular weight is 413 g/mol. The molecule has 1 aliphatic heterocycles. The summed E-state index contributed by atoms with van der Waals surface area (Å²) in [6.45, 7) is 0. The van der Waals surface area contributed by atoms with Crippen molar-refractivity contribution in [3.8, 4) is 11.8 Å². The van der Waals surface area contributed by atoms with Gasteiger partial charge in [0.1, 0.15) is 0 Å². The third-order valence-corrected chi connectivity index (χ3v) is 5.06. The van der Waals surface area contributed by atoms with E-state index in [-0.39, 0.29) is 17.3 Å². The molecule has 3 aromatic rings.